The van der Waals surface area contributed by atoms with Crippen LogP contribution in [0, 0.1) is 0 Å². The summed E-state index contributed by atoms with van der Waals surface area (Å²) in [4.78, 5) is 12.1. The van der Waals surface area contributed by atoms with Crippen molar-refractivity contribution in [3.63, 3.8) is 0 Å². The Balaban J connectivity index is 3.16. The van der Waals surface area contributed by atoms with Gasteiger partial charge >= 0.3 is 5.97 Å². The van der Waals surface area contributed by atoms with Crippen LogP contribution < -0.4 is 4.74 Å². The molecular formula is C17H26O3. The third-order valence-corrected chi connectivity index (χ3v) is 3.25. The minimum atomic E-state index is -0.288. The first-order valence-corrected chi connectivity index (χ1v) is 7.63. The molecule has 3 heteroatoms. The summed E-state index contributed by atoms with van der Waals surface area (Å²) in [6, 6.07) is 4.03. The normalized spacial score (nSPS) is 10.4. The molecule has 0 heterocycles. The molecule has 0 amide bonds. The summed E-state index contributed by atoms with van der Waals surface area (Å²) < 4.78 is 11.0. The second-order valence-electron chi connectivity index (χ2n) is 4.76. The average Bonchev–Trinajstić information content (AvgIpc) is 2.47. The minimum absolute atomic E-state index is 0.288. The molecule has 0 fully saturated rings. The van der Waals surface area contributed by atoms with Crippen LogP contribution in [0.2, 0.25) is 0 Å². The Morgan fingerprint density at radius 3 is 2.40 bits per heavy atom. The fourth-order valence-electron chi connectivity index (χ4n) is 2.07. The van der Waals surface area contributed by atoms with E-state index in [0.717, 1.165) is 36.8 Å². The highest BCUT2D eigenvalue weighted by molar-refractivity contribution is 5.93. The zero-order chi connectivity index (χ0) is 15.0. The van der Waals surface area contributed by atoms with E-state index in [-0.39, 0.29) is 5.97 Å². The van der Waals surface area contributed by atoms with Crippen molar-refractivity contribution in [2.45, 2.75) is 53.4 Å². The summed E-state index contributed by atoms with van der Waals surface area (Å²) in [5, 5.41) is 0. The Morgan fingerprint density at radius 1 is 1.10 bits per heavy atom. The Labute approximate surface area is 122 Å². The van der Waals surface area contributed by atoms with Crippen LogP contribution in [0.3, 0.4) is 0 Å². The standard InChI is InChI=1S/C17H26O3/c1-5-9-10-20-16-14(7-3)11-13(6-2)12-15(16)17(18)19-8-4/h11-12H,5-10H2,1-4H3. The summed E-state index contributed by atoms with van der Waals surface area (Å²) in [6.07, 6.45) is 3.81. The summed E-state index contributed by atoms with van der Waals surface area (Å²) >= 11 is 0. The van der Waals surface area contributed by atoms with Gasteiger partial charge in [0.1, 0.15) is 11.3 Å². The lowest BCUT2D eigenvalue weighted by atomic mass is 10.0. The molecular weight excluding hydrogens is 252 g/mol. The van der Waals surface area contributed by atoms with Gasteiger partial charge in [-0.3, -0.25) is 0 Å². The van der Waals surface area contributed by atoms with Gasteiger partial charge < -0.3 is 9.47 Å². The molecule has 1 aromatic rings. The lowest BCUT2D eigenvalue weighted by Gasteiger charge is -2.16. The number of ether oxygens (including phenoxy) is 2. The third kappa shape index (κ3) is 4.26. The molecule has 0 aliphatic heterocycles. The number of hydrogen-bond donors (Lipinski definition) is 0. The van der Waals surface area contributed by atoms with Crippen LogP contribution >= 0.6 is 0 Å². The molecule has 0 aromatic heterocycles. The monoisotopic (exact) mass is 278 g/mol. The maximum absolute atomic E-state index is 12.1. The van der Waals surface area contributed by atoms with E-state index in [0.29, 0.717) is 24.5 Å². The predicted molar refractivity (Wildman–Crippen MR) is 81.6 cm³/mol. The van der Waals surface area contributed by atoms with Crippen molar-refractivity contribution in [1.82, 2.24) is 0 Å². The molecule has 0 N–H and O–H groups in total. The first kappa shape index (κ1) is 16.5. The van der Waals surface area contributed by atoms with E-state index < -0.39 is 0 Å². The number of esters is 1. The van der Waals surface area contributed by atoms with Crippen LogP contribution in [-0.2, 0) is 17.6 Å². The quantitative estimate of drug-likeness (QED) is 0.529. The maximum atomic E-state index is 12.1. The molecule has 0 saturated carbocycles. The molecule has 20 heavy (non-hydrogen) atoms. The van der Waals surface area contributed by atoms with Crippen LogP contribution in [-0.4, -0.2) is 19.2 Å². The summed E-state index contributed by atoms with van der Waals surface area (Å²) in [7, 11) is 0. The van der Waals surface area contributed by atoms with E-state index in [1.807, 2.05) is 13.0 Å². The number of hydrogen-bond acceptors (Lipinski definition) is 3. The molecule has 0 aliphatic carbocycles. The van der Waals surface area contributed by atoms with Gasteiger partial charge in [-0.15, -0.1) is 0 Å². The topological polar surface area (TPSA) is 35.5 Å². The summed E-state index contributed by atoms with van der Waals surface area (Å²) in [5.41, 5.74) is 2.80. The number of benzene rings is 1. The largest absolute Gasteiger partial charge is 0.492 e. The number of aryl methyl sites for hydroxylation is 2. The van der Waals surface area contributed by atoms with Crippen molar-refractivity contribution in [3.05, 3.63) is 28.8 Å². The Hall–Kier alpha value is -1.51. The van der Waals surface area contributed by atoms with Gasteiger partial charge in [-0.2, -0.15) is 0 Å². The highest BCUT2D eigenvalue weighted by Gasteiger charge is 2.18. The Kier molecular flexibility index (Phi) is 7.13. The van der Waals surface area contributed by atoms with Crippen molar-refractivity contribution >= 4 is 5.97 Å². The van der Waals surface area contributed by atoms with Crippen LogP contribution in [0.5, 0.6) is 5.75 Å². The van der Waals surface area contributed by atoms with E-state index in [1.54, 1.807) is 0 Å². The van der Waals surface area contributed by atoms with Crippen LogP contribution in [0.4, 0.5) is 0 Å². The zero-order valence-corrected chi connectivity index (χ0v) is 13.1. The van der Waals surface area contributed by atoms with Crippen molar-refractivity contribution in [2.75, 3.05) is 13.2 Å². The van der Waals surface area contributed by atoms with Gasteiger partial charge in [-0.05, 0) is 43.4 Å². The van der Waals surface area contributed by atoms with Gasteiger partial charge in [0.15, 0.2) is 0 Å². The summed E-state index contributed by atoms with van der Waals surface area (Å²) in [5.74, 6) is 0.417. The van der Waals surface area contributed by atoms with Crippen molar-refractivity contribution in [2.24, 2.45) is 0 Å². The van der Waals surface area contributed by atoms with Gasteiger partial charge in [0.2, 0.25) is 0 Å². The first-order valence-electron chi connectivity index (χ1n) is 7.63. The molecule has 0 radical (unpaired) electrons. The lowest BCUT2D eigenvalue weighted by Crippen LogP contribution is -2.11. The molecule has 1 aromatic carbocycles. The highest BCUT2D eigenvalue weighted by Crippen LogP contribution is 2.28. The van der Waals surface area contributed by atoms with Gasteiger partial charge in [-0.25, -0.2) is 4.79 Å². The molecule has 0 bridgehead atoms. The van der Waals surface area contributed by atoms with E-state index in [4.69, 9.17) is 9.47 Å². The van der Waals surface area contributed by atoms with E-state index in [1.165, 1.54) is 0 Å². The molecule has 3 nitrogen and oxygen atoms in total. The van der Waals surface area contributed by atoms with Crippen LogP contribution in [0.1, 0.15) is 62.0 Å². The lowest BCUT2D eigenvalue weighted by molar-refractivity contribution is 0.0521. The van der Waals surface area contributed by atoms with E-state index in [9.17, 15) is 4.79 Å². The van der Waals surface area contributed by atoms with Crippen molar-refractivity contribution in [1.29, 1.82) is 0 Å². The fraction of sp³-hybridized carbons (Fsp3) is 0.588. The van der Waals surface area contributed by atoms with Crippen LogP contribution in [0.15, 0.2) is 12.1 Å². The predicted octanol–water partition coefficient (Wildman–Crippen LogP) is 4.17. The molecule has 0 atom stereocenters. The smallest absolute Gasteiger partial charge is 0.341 e. The zero-order valence-electron chi connectivity index (χ0n) is 13.1. The number of carbonyl (C=O) groups is 1. The minimum Gasteiger partial charge on any atom is -0.492 e. The van der Waals surface area contributed by atoms with Crippen molar-refractivity contribution < 1.29 is 14.3 Å². The van der Waals surface area contributed by atoms with E-state index >= 15 is 0 Å². The number of carbonyl (C=O) groups excluding carboxylic acids is 1. The van der Waals surface area contributed by atoms with Gasteiger partial charge in [0.05, 0.1) is 13.2 Å². The third-order valence-electron chi connectivity index (χ3n) is 3.25. The second kappa shape index (κ2) is 8.62. The number of rotatable bonds is 8. The fourth-order valence-corrected chi connectivity index (χ4v) is 2.07. The summed E-state index contributed by atoms with van der Waals surface area (Å²) in [6.45, 7) is 9.13. The molecule has 0 aliphatic rings. The number of unbranched alkanes of at least 4 members (excludes halogenated alkanes) is 1. The van der Waals surface area contributed by atoms with E-state index in [2.05, 4.69) is 26.8 Å². The van der Waals surface area contributed by atoms with Gasteiger partial charge in [0, 0.05) is 0 Å². The molecule has 112 valence electrons. The Bertz CT molecular complexity index is 438. The first-order chi connectivity index (χ1) is 9.67. The molecule has 0 saturated heterocycles. The van der Waals surface area contributed by atoms with Gasteiger partial charge in [-0.1, -0.05) is 33.3 Å². The maximum Gasteiger partial charge on any atom is 0.341 e. The Morgan fingerprint density at radius 2 is 1.85 bits per heavy atom. The van der Waals surface area contributed by atoms with Crippen molar-refractivity contribution in [3.8, 4) is 5.75 Å². The van der Waals surface area contributed by atoms with Gasteiger partial charge in [0.25, 0.3) is 0 Å². The second-order valence-corrected chi connectivity index (χ2v) is 4.76. The SMILES string of the molecule is CCCCOc1c(CC)cc(CC)cc1C(=O)OCC. The molecule has 1 rings (SSSR count). The van der Waals surface area contributed by atoms with Crippen LogP contribution in [0.25, 0.3) is 0 Å². The molecule has 0 unspecified atom stereocenters. The average molecular weight is 278 g/mol. The highest BCUT2D eigenvalue weighted by atomic mass is 16.5. The molecule has 0 spiro atoms.